The molecule has 0 aliphatic rings. The van der Waals surface area contributed by atoms with Crippen molar-refractivity contribution >= 4 is 23.9 Å². The molecule has 0 aromatic carbocycles. The normalized spacial score (nSPS) is 12.8. The standard InChI is InChI=1S/C18H33N3O6/c1-5-26-16(23)10-8-13(7-9-15(19)22)20-18(25)21-14(11-12(3)4)17(24)27-6-2/h12-14H,5-11H2,1-4H3,(H2,19,22)(H2,20,21,25). The lowest BCUT2D eigenvalue weighted by atomic mass is 10.0. The van der Waals surface area contributed by atoms with Crippen LogP contribution < -0.4 is 16.4 Å². The Labute approximate surface area is 160 Å². The molecule has 2 unspecified atom stereocenters. The molecule has 9 nitrogen and oxygen atoms in total. The van der Waals surface area contributed by atoms with E-state index in [1.54, 1.807) is 13.8 Å². The second-order valence-corrected chi connectivity index (χ2v) is 6.60. The van der Waals surface area contributed by atoms with E-state index in [0.717, 1.165) is 0 Å². The summed E-state index contributed by atoms with van der Waals surface area (Å²) in [5.41, 5.74) is 5.16. The Morgan fingerprint density at radius 1 is 0.926 bits per heavy atom. The van der Waals surface area contributed by atoms with Crippen LogP contribution in [0.4, 0.5) is 4.79 Å². The number of carbonyl (C=O) groups is 4. The third-order valence-corrected chi connectivity index (χ3v) is 3.66. The zero-order chi connectivity index (χ0) is 20.8. The smallest absolute Gasteiger partial charge is 0.328 e. The molecule has 0 saturated carbocycles. The minimum absolute atomic E-state index is 0.0705. The molecule has 0 aromatic rings. The Kier molecular flexibility index (Phi) is 12.6. The number of nitrogens with two attached hydrogens (primary N) is 1. The summed E-state index contributed by atoms with van der Waals surface area (Å²) in [6.07, 6.45) is 1.19. The van der Waals surface area contributed by atoms with Crippen molar-refractivity contribution in [2.45, 2.75) is 71.9 Å². The van der Waals surface area contributed by atoms with Gasteiger partial charge in [0.25, 0.3) is 0 Å². The summed E-state index contributed by atoms with van der Waals surface area (Å²) in [5.74, 6) is -1.20. The number of rotatable bonds is 13. The van der Waals surface area contributed by atoms with E-state index in [0.29, 0.717) is 12.8 Å². The van der Waals surface area contributed by atoms with Gasteiger partial charge in [-0.2, -0.15) is 0 Å². The summed E-state index contributed by atoms with van der Waals surface area (Å²) < 4.78 is 9.86. The quantitative estimate of drug-likeness (QED) is 0.407. The summed E-state index contributed by atoms with van der Waals surface area (Å²) in [7, 11) is 0. The molecule has 0 spiro atoms. The van der Waals surface area contributed by atoms with E-state index in [1.165, 1.54) is 0 Å². The van der Waals surface area contributed by atoms with Gasteiger partial charge in [0.15, 0.2) is 0 Å². The van der Waals surface area contributed by atoms with E-state index in [-0.39, 0.29) is 44.4 Å². The lowest BCUT2D eigenvalue weighted by molar-refractivity contribution is -0.146. The molecule has 0 heterocycles. The number of urea groups is 1. The number of hydrogen-bond acceptors (Lipinski definition) is 6. The van der Waals surface area contributed by atoms with Gasteiger partial charge >= 0.3 is 18.0 Å². The first-order valence-electron chi connectivity index (χ1n) is 9.37. The van der Waals surface area contributed by atoms with Crippen LogP contribution in [-0.2, 0) is 23.9 Å². The summed E-state index contributed by atoms with van der Waals surface area (Å²) in [4.78, 5) is 46.9. The predicted octanol–water partition coefficient (Wildman–Crippen LogP) is 1.24. The van der Waals surface area contributed by atoms with Crippen molar-refractivity contribution in [2.24, 2.45) is 11.7 Å². The van der Waals surface area contributed by atoms with Gasteiger partial charge in [0.1, 0.15) is 6.04 Å². The second-order valence-electron chi connectivity index (χ2n) is 6.60. The number of amides is 3. The fourth-order valence-electron chi connectivity index (χ4n) is 2.44. The lowest BCUT2D eigenvalue weighted by Crippen LogP contribution is -2.50. The summed E-state index contributed by atoms with van der Waals surface area (Å²) in [6, 6.07) is -1.79. The van der Waals surface area contributed by atoms with Crippen molar-refractivity contribution in [2.75, 3.05) is 13.2 Å². The van der Waals surface area contributed by atoms with Crippen molar-refractivity contribution in [3.63, 3.8) is 0 Å². The molecule has 4 N–H and O–H groups in total. The van der Waals surface area contributed by atoms with Gasteiger partial charge in [0.05, 0.1) is 13.2 Å². The predicted molar refractivity (Wildman–Crippen MR) is 99.6 cm³/mol. The highest BCUT2D eigenvalue weighted by molar-refractivity contribution is 5.83. The van der Waals surface area contributed by atoms with E-state index < -0.39 is 30.0 Å². The molecule has 3 amide bonds. The molecule has 0 rings (SSSR count). The average Bonchev–Trinajstić information content (AvgIpc) is 2.56. The summed E-state index contributed by atoms with van der Waals surface area (Å²) in [5, 5.41) is 5.30. The number of primary amides is 1. The highest BCUT2D eigenvalue weighted by Gasteiger charge is 2.24. The Morgan fingerprint density at radius 2 is 1.52 bits per heavy atom. The SMILES string of the molecule is CCOC(=O)CCC(CCC(N)=O)NC(=O)NC(CC(C)C)C(=O)OCC. The minimum atomic E-state index is -0.771. The van der Waals surface area contributed by atoms with Crippen molar-refractivity contribution in [1.29, 1.82) is 0 Å². The highest BCUT2D eigenvalue weighted by Crippen LogP contribution is 2.09. The maximum absolute atomic E-state index is 12.3. The number of carbonyl (C=O) groups excluding carboxylic acids is 4. The van der Waals surface area contributed by atoms with Crippen molar-refractivity contribution in [3.05, 3.63) is 0 Å². The molecule has 2 atom stereocenters. The number of hydrogen-bond donors (Lipinski definition) is 3. The number of esters is 2. The lowest BCUT2D eigenvalue weighted by Gasteiger charge is -2.22. The van der Waals surface area contributed by atoms with Gasteiger partial charge in [-0.05, 0) is 39.0 Å². The van der Waals surface area contributed by atoms with Crippen LogP contribution in [0.5, 0.6) is 0 Å². The third kappa shape index (κ3) is 12.6. The van der Waals surface area contributed by atoms with Gasteiger partial charge in [-0.15, -0.1) is 0 Å². The molecule has 0 radical (unpaired) electrons. The van der Waals surface area contributed by atoms with Gasteiger partial charge < -0.3 is 25.8 Å². The molecule has 27 heavy (non-hydrogen) atoms. The van der Waals surface area contributed by atoms with Crippen LogP contribution in [0.25, 0.3) is 0 Å². The van der Waals surface area contributed by atoms with Gasteiger partial charge in [0, 0.05) is 18.9 Å². The fourth-order valence-corrected chi connectivity index (χ4v) is 2.44. The van der Waals surface area contributed by atoms with E-state index in [1.807, 2.05) is 13.8 Å². The molecule has 0 aliphatic carbocycles. The van der Waals surface area contributed by atoms with Crippen LogP contribution in [0.2, 0.25) is 0 Å². The van der Waals surface area contributed by atoms with Crippen molar-refractivity contribution in [1.82, 2.24) is 10.6 Å². The Hall–Kier alpha value is -2.32. The molecule has 0 aromatic heterocycles. The fraction of sp³-hybridized carbons (Fsp3) is 0.778. The molecule has 9 heteroatoms. The van der Waals surface area contributed by atoms with Crippen LogP contribution in [0, 0.1) is 5.92 Å². The van der Waals surface area contributed by atoms with Gasteiger partial charge in [-0.3, -0.25) is 9.59 Å². The Bertz CT molecular complexity index is 495. The number of ether oxygens (including phenoxy) is 2. The molecule has 0 saturated heterocycles. The van der Waals surface area contributed by atoms with E-state index >= 15 is 0 Å². The van der Waals surface area contributed by atoms with Crippen LogP contribution in [0.3, 0.4) is 0 Å². The zero-order valence-electron chi connectivity index (χ0n) is 16.7. The minimum Gasteiger partial charge on any atom is -0.466 e. The molecular weight excluding hydrogens is 354 g/mol. The first-order chi connectivity index (χ1) is 12.7. The van der Waals surface area contributed by atoms with Crippen LogP contribution in [0.1, 0.15) is 59.8 Å². The molecule has 0 fully saturated rings. The van der Waals surface area contributed by atoms with Gasteiger partial charge in [-0.1, -0.05) is 13.8 Å². The summed E-state index contributed by atoms with van der Waals surface area (Å²) >= 11 is 0. The van der Waals surface area contributed by atoms with Crippen LogP contribution in [0.15, 0.2) is 0 Å². The monoisotopic (exact) mass is 387 g/mol. The third-order valence-electron chi connectivity index (χ3n) is 3.66. The maximum atomic E-state index is 12.3. The Morgan fingerprint density at radius 3 is 2.04 bits per heavy atom. The van der Waals surface area contributed by atoms with E-state index in [9.17, 15) is 19.2 Å². The van der Waals surface area contributed by atoms with E-state index in [2.05, 4.69) is 10.6 Å². The number of nitrogens with one attached hydrogen (secondary N) is 2. The second kappa shape index (κ2) is 13.8. The van der Waals surface area contributed by atoms with Gasteiger partial charge in [-0.25, -0.2) is 9.59 Å². The largest absolute Gasteiger partial charge is 0.466 e. The zero-order valence-corrected chi connectivity index (χ0v) is 16.7. The van der Waals surface area contributed by atoms with E-state index in [4.69, 9.17) is 15.2 Å². The Balaban J connectivity index is 4.82. The van der Waals surface area contributed by atoms with Gasteiger partial charge in [0.2, 0.25) is 5.91 Å². The van der Waals surface area contributed by atoms with Crippen LogP contribution >= 0.6 is 0 Å². The average molecular weight is 387 g/mol. The van der Waals surface area contributed by atoms with Crippen molar-refractivity contribution in [3.8, 4) is 0 Å². The topological polar surface area (TPSA) is 137 Å². The highest BCUT2D eigenvalue weighted by atomic mass is 16.5. The molecule has 0 bridgehead atoms. The first kappa shape index (κ1) is 24.7. The molecule has 0 aliphatic heterocycles. The van der Waals surface area contributed by atoms with Crippen molar-refractivity contribution < 1.29 is 28.7 Å². The molecule has 156 valence electrons. The first-order valence-corrected chi connectivity index (χ1v) is 9.37. The molecular formula is C18H33N3O6. The summed E-state index contributed by atoms with van der Waals surface area (Å²) in [6.45, 7) is 7.76. The van der Waals surface area contributed by atoms with Crippen LogP contribution in [-0.4, -0.2) is 49.2 Å². The maximum Gasteiger partial charge on any atom is 0.328 e.